The van der Waals surface area contributed by atoms with Crippen LogP contribution in [0.15, 0.2) is 42.5 Å². The average molecular weight is 288 g/mol. The van der Waals surface area contributed by atoms with Gasteiger partial charge in [-0.25, -0.2) is 0 Å². The van der Waals surface area contributed by atoms with Crippen LogP contribution in [0, 0.1) is 13.8 Å². The van der Waals surface area contributed by atoms with Crippen molar-refractivity contribution in [2.75, 3.05) is 0 Å². The van der Waals surface area contributed by atoms with Crippen LogP contribution in [0.25, 0.3) is 0 Å². The SMILES string of the molecule is Cc1ccc(CNC(=O)Cc2ccc(Cl)cc2)c(C)c1. The molecular formula is C17H18ClNO. The van der Waals surface area contributed by atoms with Crippen molar-refractivity contribution >= 4 is 17.5 Å². The molecule has 104 valence electrons. The monoisotopic (exact) mass is 287 g/mol. The third-order valence-corrected chi connectivity index (χ3v) is 3.50. The Kier molecular flexibility index (Phi) is 4.80. The van der Waals surface area contributed by atoms with Gasteiger partial charge in [0, 0.05) is 11.6 Å². The number of amides is 1. The second-order valence-electron chi connectivity index (χ2n) is 5.01. The van der Waals surface area contributed by atoms with Gasteiger partial charge in [-0.3, -0.25) is 4.79 Å². The lowest BCUT2D eigenvalue weighted by Gasteiger charge is -2.09. The molecule has 2 rings (SSSR count). The van der Waals surface area contributed by atoms with E-state index in [4.69, 9.17) is 11.6 Å². The zero-order chi connectivity index (χ0) is 14.5. The van der Waals surface area contributed by atoms with Gasteiger partial charge in [0.05, 0.1) is 6.42 Å². The van der Waals surface area contributed by atoms with Crippen molar-refractivity contribution in [1.82, 2.24) is 5.32 Å². The molecule has 2 aromatic carbocycles. The standard InChI is InChI=1S/C17H18ClNO/c1-12-3-6-15(13(2)9-12)11-19-17(20)10-14-4-7-16(18)8-5-14/h3-9H,10-11H2,1-2H3,(H,19,20). The maximum Gasteiger partial charge on any atom is 0.224 e. The highest BCUT2D eigenvalue weighted by molar-refractivity contribution is 6.30. The van der Waals surface area contributed by atoms with E-state index >= 15 is 0 Å². The topological polar surface area (TPSA) is 29.1 Å². The van der Waals surface area contributed by atoms with Crippen molar-refractivity contribution in [2.24, 2.45) is 0 Å². The Bertz CT molecular complexity index is 605. The van der Waals surface area contributed by atoms with E-state index in [1.165, 1.54) is 11.1 Å². The van der Waals surface area contributed by atoms with E-state index in [1.54, 1.807) is 12.1 Å². The molecule has 2 nitrogen and oxygen atoms in total. The second-order valence-corrected chi connectivity index (χ2v) is 5.45. The third-order valence-electron chi connectivity index (χ3n) is 3.25. The third kappa shape index (κ3) is 4.10. The van der Waals surface area contributed by atoms with Crippen LogP contribution in [0.5, 0.6) is 0 Å². The number of aryl methyl sites for hydroxylation is 2. The summed E-state index contributed by atoms with van der Waals surface area (Å²) in [5.41, 5.74) is 4.56. The van der Waals surface area contributed by atoms with E-state index in [2.05, 4.69) is 37.4 Å². The van der Waals surface area contributed by atoms with Crippen molar-refractivity contribution < 1.29 is 4.79 Å². The van der Waals surface area contributed by atoms with E-state index in [0.29, 0.717) is 18.0 Å². The summed E-state index contributed by atoms with van der Waals surface area (Å²) in [7, 11) is 0. The molecule has 0 aliphatic rings. The molecule has 0 fully saturated rings. The predicted molar refractivity (Wildman–Crippen MR) is 82.9 cm³/mol. The molecule has 3 heteroatoms. The van der Waals surface area contributed by atoms with Crippen LogP contribution in [0.2, 0.25) is 5.02 Å². The minimum absolute atomic E-state index is 0.0206. The molecule has 0 bridgehead atoms. The molecule has 0 unspecified atom stereocenters. The minimum Gasteiger partial charge on any atom is -0.352 e. The summed E-state index contributed by atoms with van der Waals surface area (Å²) >= 11 is 5.82. The van der Waals surface area contributed by atoms with Gasteiger partial charge >= 0.3 is 0 Å². The quantitative estimate of drug-likeness (QED) is 0.910. The number of rotatable bonds is 4. The van der Waals surface area contributed by atoms with Gasteiger partial charge in [0.1, 0.15) is 0 Å². The van der Waals surface area contributed by atoms with Crippen molar-refractivity contribution in [3.05, 3.63) is 69.7 Å². The predicted octanol–water partition coefficient (Wildman–Crippen LogP) is 3.82. The maximum absolute atomic E-state index is 11.9. The molecule has 2 aromatic rings. The molecular weight excluding hydrogens is 270 g/mol. The minimum atomic E-state index is 0.0206. The molecule has 0 radical (unpaired) electrons. The molecule has 0 aliphatic heterocycles. The normalized spacial score (nSPS) is 10.3. The van der Waals surface area contributed by atoms with E-state index < -0.39 is 0 Å². The number of halogens is 1. The molecule has 0 aliphatic carbocycles. The molecule has 0 saturated heterocycles. The van der Waals surface area contributed by atoms with Crippen molar-refractivity contribution in [2.45, 2.75) is 26.8 Å². The first-order chi connectivity index (χ1) is 9.54. The largest absolute Gasteiger partial charge is 0.352 e. The Labute approximate surface area is 124 Å². The number of hydrogen-bond donors (Lipinski definition) is 1. The zero-order valence-electron chi connectivity index (χ0n) is 11.7. The molecule has 0 heterocycles. The maximum atomic E-state index is 11.9. The average Bonchev–Trinajstić information content (AvgIpc) is 2.40. The number of hydrogen-bond acceptors (Lipinski definition) is 1. The summed E-state index contributed by atoms with van der Waals surface area (Å²) in [5, 5.41) is 3.64. The lowest BCUT2D eigenvalue weighted by Crippen LogP contribution is -2.24. The summed E-state index contributed by atoms with van der Waals surface area (Å²) in [6.07, 6.45) is 0.377. The Morgan fingerprint density at radius 2 is 1.80 bits per heavy atom. The van der Waals surface area contributed by atoms with Crippen LogP contribution >= 0.6 is 11.6 Å². The van der Waals surface area contributed by atoms with Crippen LogP contribution in [-0.4, -0.2) is 5.91 Å². The van der Waals surface area contributed by atoms with E-state index in [1.807, 2.05) is 12.1 Å². The molecule has 0 spiro atoms. The summed E-state index contributed by atoms with van der Waals surface area (Å²) < 4.78 is 0. The van der Waals surface area contributed by atoms with Gasteiger partial charge in [0.15, 0.2) is 0 Å². The van der Waals surface area contributed by atoms with Crippen molar-refractivity contribution in [3.8, 4) is 0 Å². The highest BCUT2D eigenvalue weighted by Crippen LogP contribution is 2.11. The smallest absolute Gasteiger partial charge is 0.224 e. The first-order valence-electron chi connectivity index (χ1n) is 6.62. The van der Waals surface area contributed by atoms with E-state index in [-0.39, 0.29) is 5.91 Å². The Hall–Kier alpha value is -1.80. The lowest BCUT2D eigenvalue weighted by molar-refractivity contribution is -0.120. The molecule has 20 heavy (non-hydrogen) atoms. The van der Waals surface area contributed by atoms with Gasteiger partial charge in [-0.15, -0.1) is 0 Å². The number of benzene rings is 2. The Balaban J connectivity index is 1.90. The van der Waals surface area contributed by atoms with Crippen LogP contribution in [0.4, 0.5) is 0 Å². The van der Waals surface area contributed by atoms with Crippen molar-refractivity contribution in [1.29, 1.82) is 0 Å². The molecule has 0 aromatic heterocycles. The summed E-state index contributed by atoms with van der Waals surface area (Å²) in [4.78, 5) is 11.9. The zero-order valence-corrected chi connectivity index (χ0v) is 12.5. The fourth-order valence-electron chi connectivity index (χ4n) is 2.09. The van der Waals surface area contributed by atoms with Crippen LogP contribution in [-0.2, 0) is 17.8 Å². The van der Waals surface area contributed by atoms with Crippen LogP contribution in [0.3, 0.4) is 0 Å². The number of carbonyl (C=O) groups excluding carboxylic acids is 1. The number of nitrogens with one attached hydrogen (secondary N) is 1. The van der Waals surface area contributed by atoms with E-state index in [0.717, 1.165) is 11.1 Å². The lowest BCUT2D eigenvalue weighted by atomic mass is 10.1. The highest BCUT2D eigenvalue weighted by atomic mass is 35.5. The van der Waals surface area contributed by atoms with Crippen LogP contribution in [0.1, 0.15) is 22.3 Å². The van der Waals surface area contributed by atoms with Gasteiger partial charge in [-0.1, -0.05) is 47.5 Å². The van der Waals surface area contributed by atoms with Gasteiger partial charge in [0.25, 0.3) is 0 Å². The summed E-state index contributed by atoms with van der Waals surface area (Å²) in [5.74, 6) is 0.0206. The fourth-order valence-corrected chi connectivity index (χ4v) is 2.21. The summed E-state index contributed by atoms with van der Waals surface area (Å²) in [6, 6.07) is 13.6. The molecule has 0 saturated carbocycles. The first-order valence-corrected chi connectivity index (χ1v) is 6.99. The van der Waals surface area contributed by atoms with Gasteiger partial charge in [-0.2, -0.15) is 0 Å². The Morgan fingerprint density at radius 3 is 2.45 bits per heavy atom. The second kappa shape index (κ2) is 6.58. The first kappa shape index (κ1) is 14.6. The van der Waals surface area contributed by atoms with E-state index in [9.17, 15) is 4.79 Å². The van der Waals surface area contributed by atoms with Gasteiger partial charge in [0.2, 0.25) is 5.91 Å². The summed E-state index contributed by atoms with van der Waals surface area (Å²) in [6.45, 7) is 4.70. The van der Waals surface area contributed by atoms with Gasteiger partial charge in [-0.05, 0) is 42.7 Å². The van der Waals surface area contributed by atoms with Crippen LogP contribution < -0.4 is 5.32 Å². The highest BCUT2D eigenvalue weighted by Gasteiger charge is 2.05. The molecule has 1 N–H and O–H groups in total. The fraction of sp³-hybridized carbons (Fsp3) is 0.235. The van der Waals surface area contributed by atoms with Crippen molar-refractivity contribution in [3.63, 3.8) is 0 Å². The van der Waals surface area contributed by atoms with Gasteiger partial charge < -0.3 is 5.32 Å². The molecule has 0 atom stereocenters. The molecule has 1 amide bonds. The number of carbonyl (C=O) groups is 1. The Morgan fingerprint density at radius 1 is 1.10 bits per heavy atom.